The highest BCUT2D eigenvalue weighted by atomic mass is 16.5. The molecule has 0 aromatic heterocycles. The molecule has 3 nitrogen and oxygen atoms in total. The molecular formula is C16H19NO2. The van der Waals surface area contributed by atoms with Gasteiger partial charge < -0.3 is 15.2 Å². The first-order valence-electron chi connectivity index (χ1n) is 6.36. The molecule has 1 atom stereocenters. The van der Waals surface area contributed by atoms with E-state index in [4.69, 9.17) is 4.74 Å². The molecule has 0 spiro atoms. The zero-order chi connectivity index (χ0) is 13.5. The van der Waals surface area contributed by atoms with Crippen molar-refractivity contribution < 1.29 is 9.84 Å². The molecule has 2 N–H and O–H groups in total. The van der Waals surface area contributed by atoms with E-state index in [0.717, 1.165) is 17.9 Å². The van der Waals surface area contributed by atoms with Crippen molar-refractivity contribution in [1.29, 1.82) is 0 Å². The number of benzene rings is 2. The summed E-state index contributed by atoms with van der Waals surface area (Å²) in [5.41, 5.74) is 2.07. The third-order valence-electron chi connectivity index (χ3n) is 2.99. The van der Waals surface area contributed by atoms with Crippen molar-refractivity contribution in [2.45, 2.75) is 12.6 Å². The number of rotatable bonds is 6. The van der Waals surface area contributed by atoms with Gasteiger partial charge in [0, 0.05) is 13.1 Å². The van der Waals surface area contributed by atoms with Crippen LogP contribution in [0.25, 0.3) is 0 Å². The molecule has 2 rings (SSSR count). The Morgan fingerprint density at radius 3 is 2.63 bits per heavy atom. The summed E-state index contributed by atoms with van der Waals surface area (Å²) in [4.78, 5) is 0. The van der Waals surface area contributed by atoms with Gasteiger partial charge >= 0.3 is 0 Å². The van der Waals surface area contributed by atoms with Gasteiger partial charge in [-0.25, -0.2) is 0 Å². The fourth-order valence-electron chi connectivity index (χ4n) is 1.92. The van der Waals surface area contributed by atoms with Gasteiger partial charge in [0.1, 0.15) is 5.75 Å². The van der Waals surface area contributed by atoms with Crippen LogP contribution >= 0.6 is 0 Å². The van der Waals surface area contributed by atoms with Crippen molar-refractivity contribution in [2.75, 3.05) is 13.7 Å². The summed E-state index contributed by atoms with van der Waals surface area (Å²) in [6.45, 7) is 1.27. The van der Waals surface area contributed by atoms with Crippen LogP contribution in [0.2, 0.25) is 0 Å². The van der Waals surface area contributed by atoms with Gasteiger partial charge in [-0.2, -0.15) is 0 Å². The van der Waals surface area contributed by atoms with Crippen LogP contribution in [0.4, 0.5) is 0 Å². The Morgan fingerprint density at radius 2 is 1.89 bits per heavy atom. The van der Waals surface area contributed by atoms with Crippen molar-refractivity contribution in [3.05, 3.63) is 65.7 Å². The maximum Gasteiger partial charge on any atom is 0.119 e. The predicted octanol–water partition coefficient (Wildman–Crippen LogP) is 2.52. The summed E-state index contributed by atoms with van der Waals surface area (Å²) in [5, 5.41) is 13.3. The molecule has 0 heterocycles. The zero-order valence-corrected chi connectivity index (χ0v) is 11.0. The average Bonchev–Trinajstić information content (AvgIpc) is 2.48. The molecule has 19 heavy (non-hydrogen) atoms. The predicted molar refractivity (Wildman–Crippen MR) is 76.1 cm³/mol. The van der Waals surface area contributed by atoms with E-state index in [1.165, 1.54) is 5.56 Å². The number of hydrogen-bond donors (Lipinski definition) is 2. The van der Waals surface area contributed by atoms with Crippen LogP contribution in [0, 0.1) is 0 Å². The fourth-order valence-corrected chi connectivity index (χ4v) is 1.92. The molecule has 2 aromatic rings. The van der Waals surface area contributed by atoms with Crippen LogP contribution < -0.4 is 10.1 Å². The van der Waals surface area contributed by atoms with Gasteiger partial charge in [-0.15, -0.1) is 0 Å². The third-order valence-corrected chi connectivity index (χ3v) is 2.99. The maximum absolute atomic E-state index is 10.1. The highest BCUT2D eigenvalue weighted by Gasteiger charge is 2.07. The SMILES string of the molecule is COc1cccc([C@H](O)CNCc2ccccc2)c1. The Balaban J connectivity index is 1.85. The van der Waals surface area contributed by atoms with Gasteiger partial charge in [-0.3, -0.25) is 0 Å². The van der Waals surface area contributed by atoms with E-state index in [1.54, 1.807) is 7.11 Å². The molecule has 0 aliphatic rings. The lowest BCUT2D eigenvalue weighted by molar-refractivity contribution is 0.174. The average molecular weight is 257 g/mol. The molecule has 0 amide bonds. The largest absolute Gasteiger partial charge is 0.497 e. The Bertz CT molecular complexity index is 499. The van der Waals surface area contributed by atoms with Crippen LogP contribution in [0.15, 0.2) is 54.6 Å². The molecular weight excluding hydrogens is 238 g/mol. The first-order valence-corrected chi connectivity index (χ1v) is 6.36. The maximum atomic E-state index is 10.1. The van der Waals surface area contributed by atoms with Crippen molar-refractivity contribution in [1.82, 2.24) is 5.32 Å². The highest BCUT2D eigenvalue weighted by molar-refractivity contribution is 5.29. The first kappa shape index (κ1) is 13.6. The third kappa shape index (κ3) is 4.09. The molecule has 0 unspecified atom stereocenters. The molecule has 0 fully saturated rings. The van der Waals surface area contributed by atoms with Crippen LogP contribution in [-0.2, 0) is 6.54 Å². The van der Waals surface area contributed by atoms with E-state index in [9.17, 15) is 5.11 Å². The van der Waals surface area contributed by atoms with Gasteiger partial charge in [0.15, 0.2) is 0 Å². The van der Waals surface area contributed by atoms with Crippen LogP contribution in [-0.4, -0.2) is 18.8 Å². The van der Waals surface area contributed by atoms with Crippen LogP contribution in [0.3, 0.4) is 0 Å². The molecule has 0 radical (unpaired) electrons. The Hall–Kier alpha value is -1.84. The van der Waals surface area contributed by atoms with E-state index in [0.29, 0.717) is 6.54 Å². The van der Waals surface area contributed by atoms with E-state index in [-0.39, 0.29) is 0 Å². The monoisotopic (exact) mass is 257 g/mol. The van der Waals surface area contributed by atoms with Gasteiger partial charge in [0.2, 0.25) is 0 Å². The molecule has 100 valence electrons. The van der Waals surface area contributed by atoms with Gasteiger partial charge in [-0.05, 0) is 23.3 Å². The standard InChI is InChI=1S/C16H19NO2/c1-19-15-9-5-8-14(10-15)16(18)12-17-11-13-6-3-2-4-7-13/h2-10,16-18H,11-12H2,1H3/t16-/m1/s1. The Kier molecular flexibility index (Phi) is 4.95. The van der Waals surface area contributed by atoms with Crippen LogP contribution in [0.5, 0.6) is 5.75 Å². The van der Waals surface area contributed by atoms with Crippen molar-refractivity contribution in [3.8, 4) is 5.75 Å². The van der Waals surface area contributed by atoms with E-state index >= 15 is 0 Å². The zero-order valence-electron chi connectivity index (χ0n) is 11.0. The van der Waals surface area contributed by atoms with E-state index in [2.05, 4.69) is 17.4 Å². The topological polar surface area (TPSA) is 41.5 Å². The number of hydrogen-bond acceptors (Lipinski definition) is 3. The summed E-state index contributed by atoms with van der Waals surface area (Å²) < 4.78 is 5.15. The first-order chi connectivity index (χ1) is 9.29. The second kappa shape index (κ2) is 6.92. The lowest BCUT2D eigenvalue weighted by Crippen LogP contribution is -2.21. The van der Waals surface area contributed by atoms with Crippen molar-refractivity contribution >= 4 is 0 Å². The van der Waals surface area contributed by atoms with Crippen molar-refractivity contribution in [2.24, 2.45) is 0 Å². The quantitative estimate of drug-likeness (QED) is 0.835. The number of aliphatic hydroxyl groups excluding tert-OH is 1. The minimum absolute atomic E-state index is 0.516. The molecule has 3 heteroatoms. The summed E-state index contributed by atoms with van der Waals surface area (Å²) in [7, 11) is 1.62. The lowest BCUT2D eigenvalue weighted by Gasteiger charge is -2.13. The number of nitrogens with one attached hydrogen (secondary N) is 1. The lowest BCUT2D eigenvalue weighted by atomic mass is 10.1. The fraction of sp³-hybridized carbons (Fsp3) is 0.250. The summed E-state index contributed by atoms with van der Waals surface area (Å²) in [6, 6.07) is 17.6. The van der Waals surface area contributed by atoms with Gasteiger partial charge in [0.25, 0.3) is 0 Å². The Labute approximate surface area is 113 Å². The van der Waals surface area contributed by atoms with Crippen LogP contribution in [0.1, 0.15) is 17.2 Å². The molecule has 0 aliphatic carbocycles. The van der Waals surface area contributed by atoms with Gasteiger partial charge in [-0.1, -0.05) is 42.5 Å². The van der Waals surface area contributed by atoms with Crippen molar-refractivity contribution in [3.63, 3.8) is 0 Å². The Morgan fingerprint density at radius 1 is 1.11 bits per heavy atom. The van der Waals surface area contributed by atoms with Gasteiger partial charge in [0.05, 0.1) is 13.2 Å². The molecule has 0 aliphatic heterocycles. The number of aliphatic hydroxyl groups is 1. The summed E-state index contributed by atoms with van der Waals surface area (Å²) in [6.07, 6.45) is -0.529. The summed E-state index contributed by atoms with van der Waals surface area (Å²) in [5.74, 6) is 0.764. The number of ether oxygens (including phenoxy) is 1. The highest BCUT2D eigenvalue weighted by Crippen LogP contribution is 2.18. The van der Waals surface area contributed by atoms with E-state index in [1.807, 2.05) is 42.5 Å². The minimum Gasteiger partial charge on any atom is -0.497 e. The number of methoxy groups -OCH3 is 1. The summed E-state index contributed by atoms with van der Waals surface area (Å²) >= 11 is 0. The molecule has 2 aromatic carbocycles. The second-order valence-corrected chi connectivity index (χ2v) is 4.41. The minimum atomic E-state index is -0.529. The van der Waals surface area contributed by atoms with E-state index < -0.39 is 6.10 Å². The molecule has 0 saturated carbocycles. The molecule has 0 saturated heterocycles. The molecule has 0 bridgehead atoms. The second-order valence-electron chi connectivity index (χ2n) is 4.41. The normalized spacial score (nSPS) is 12.1. The smallest absolute Gasteiger partial charge is 0.119 e.